The molecule has 7 heteroatoms. The summed E-state index contributed by atoms with van der Waals surface area (Å²) in [5.41, 5.74) is -1.88. The maximum atomic E-state index is 14.1. The second-order valence-corrected chi connectivity index (χ2v) is 13.9. The molecule has 8 atom stereocenters. The largest absolute Gasteiger partial charge is 0.469 e. The molecule has 0 bridgehead atoms. The van der Waals surface area contributed by atoms with Gasteiger partial charge in [0.1, 0.15) is 11.6 Å². The van der Waals surface area contributed by atoms with E-state index in [0.717, 1.165) is 0 Å². The van der Waals surface area contributed by atoms with Crippen molar-refractivity contribution in [1.29, 1.82) is 0 Å². The predicted octanol–water partition coefficient (Wildman–Crippen LogP) is 4.43. The van der Waals surface area contributed by atoms with E-state index in [0.29, 0.717) is 30.4 Å². The van der Waals surface area contributed by atoms with Crippen molar-refractivity contribution in [3.05, 3.63) is 11.1 Å². The molecule has 0 spiro atoms. The van der Waals surface area contributed by atoms with Gasteiger partial charge in [-0.2, -0.15) is 0 Å². The molecule has 7 nitrogen and oxygen atoms in total. The Kier molecular flexibility index (Phi) is 6.99. The molecule has 4 aliphatic rings. The van der Waals surface area contributed by atoms with Crippen LogP contribution in [0.2, 0.25) is 0 Å². The molecule has 2 saturated carbocycles. The standard InChI is InChI=1S/C31H44O7/c1-16(11-18(32)12-17(2)27(37)38-8)19-13-24(36)31(7)26-20(33)14-22-28(3,4)23(35)9-10-29(22,5)25(26)21(34)15-30(19,31)6/h16-17,19,22,24,36H,9-15H2,1-8H3/t16-,17+,19-,22+,24+,29+,30-,31+/m1/s1. The zero-order chi connectivity index (χ0) is 28.6. The molecule has 0 saturated heterocycles. The van der Waals surface area contributed by atoms with Crippen LogP contribution in [-0.2, 0) is 28.7 Å². The lowest BCUT2D eigenvalue weighted by Gasteiger charge is -2.59. The third-order valence-electron chi connectivity index (χ3n) is 11.6. The van der Waals surface area contributed by atoms with Gasteiger partial charge in [0.15, 0.2) is 11.6 Å². The first-order valence-corrected chi connectivity index (χ1v) is 14.1. The van der Waals surface area contributed by atoms with Crippen LogP contribution in [0.3, 0.4) is 0 Å². The molecule has 0 aliphatic heterocycles. The maximum Gasteiger partial charge on any atom is 0.308 e. The molecule has 38 heavy (non-hydrogen) atoms. The fraction of sp³-hybridized carbons (Fsp3) is 0.774. The number of hydrogen-bond acceptors (Lipinski definition) is 7. The lowest BCUT2D eigenvalue weighted by atomic mass is 9.42. The highest BCUT2D eigenvalue weighted by Gasteiger charge is 2.70. The van der Waals surface area contributed by atoms with Crippen LogP contribution in [0.5, 0.6) is 0 Å². The number of Topliss-reactive ketones (excluding diaryl/α,β-unsaturated/α-hetero) is 4. The second kappa shape index (κ2) is 9.21. The number of methoxy groups -OCH3 is 1. The highest BCUT2D eigenvalue weighted by Crippen LogP contribution is 2.70. The quantitative estimate of drug-likeness (QED) is 0.507. The minimum atomic E-state index is -0.922. The molecular weight excluding hydrogens is 484 g/mol. The summed E-state index contributed by atoms with van der Waals surface area (Å²) in [4.78, 5) is 65.5. The van der Waals surface area contributed by atoms with Crippen molar-refractivity contribution < 1.29 is 33.8 Å². The van der Waals surface area contributed by atoms with Crippen LogP contribution >= 0.6 is 0 Å². The summed E-state index contributed by atoms with van der Waals surface area (Å²) < 4.78 is 4.75. The molecule has 4 rings (SSSR count). The first kappa shape index (κ1) is 28.8. The van der Waals surface area contributed by atoms with Gasteiger partial charge in [-0.05, 0) is 36.0 Å². The number of carbonyl (C=O) groups is 5. The molecule has 0 radical (unpaired) electrons. The Hall–Kier alpha value is -2.15. The number of aliphatic hydroxyl groups excluding tert-OH is 1. The molecule has 0 unspecified atom stereocenters. The van der Waals surface area contributed by atoms with Gasteiger partial charge in [0.25, 0.3) is 0 Å². The first-order valence-electron chi connectivity index (χ1n) is 14.1. The molecular formula is C31H44O7. The highest BCUT2D eigenvalue weighted by atomic mass is 16.5. The van der Waals surface area contributed by atoms with E-state index in [1.807, 2.05) is 41.5 Å². The van der Waals surface area contributed by atoms with Gasteiger partial charge in [0.2, 0.25) is 0 Å². The molecule has 0 aromatic rings. The number of ether oxygens (including phenoxy) is 1. The van der Waals surface area contributed by atoms with Crippen molar-refractivity contribution in [3.63, 3.8) is 0 Å². The van der Waals surface area contributed by atoms with E-state index in [1.165, 1.54) is 7.11 Å². The number of ketones is 4. The Balaban J connectivity index is 1.72. The SMILES string of the molecule is COC(=O)[C@@H](C)CC(=O)C[C@@H](C)[C@H]1C[C@H](O)[C@@]2(C)C3=C(C(=O)C[C@]12C)[C@@]1(C)CCC(=O)C(C)(C)[C@@H]1CC3=O. The van der Waals surface area contributed by atoms with Crippen molar-refractivity contribution in [1.82, 2.24) is 0 Å². The zero-order valence-corrected chi connectivity index (χ0v) is 24.2. The Morgan fingerprint density at radius 2 is 1.63 bits per heavy atom. The molecule has 4 aliphatic carbocycles. The van der Waals surface area contributed by atoms with Crippen LogP contribution in [0.1, 0.15) is 93.4 Å². The van der Waals surface area contributed by atoms with E-state index in [-0.39, 0.29) is 66.6 Å². The molecule has 0 heterocycles. The van der Waals surface area contributed by atoms with Gasteiger partial charge >= 0.3 is 5.97 Å². The number of esters is 1. The molecule has 210 valence electrons. The third kappa shape index (κ3) is 3.82. The minimum absolute atomic E-state index is 0.0531. The van der Waals surface area contributed by atoms with Gasteiger partial charge in [-0.1, -0.05) is 48.5 Å². The summed E-state index contributed by atoms with van der Waals surface area (Å²) in [5.74, 6) is -1.59. The Morgan fingerprint density at radius 1 is 1.00 bits per heavy atom. The Labute approximate surface area is 226 Å². The molecule has 1 N–H and O–H groups in total. The number of rotatable bonds is 6. The summed E-state index contributed by atoms with van der Waals surface area (Å²) in [7, 11) is 1.30. The molecule has 0 amide bonds. The smallest absolute Gasteiger partial charge is 0.308 e. The fourth-order valence-electron chi connectivity index (χ4n) is 9.12. The lowest BCUT2D eigenvalue weighted by Crippen LogP contribution is -2.59. The summed E-state index contributed by atoms with van der Waals surface area (Å²) in [6.07, 6.45) is 1.19. The average Bonchev–Trinajstić information content (AvgIpc) is 3.03. The molecule has 0 aromatic heterocycles. The van der Waals surface area contributed by atoms with Gasteiger partial charge in [0.05, 0.1) is 19.1 Å². The van der Waals surface area contributed by atoms with Crippen LogP contribution in [0.4, 0.5) is 0 Å². The van der Waals surface area contributed by atoms with Crippen molar-refractivity contribution in [3.8, 4) is 0 Å². The average molecular weight is 529 g/mol. The van der Waals surface area contributed by atoms with Crippen molar-refractivity contribution in [2.24, 2.45) is 45.3 Å². The van der Waals surface area contributed by atoms with Gasteiger partial charge in [-0.15, -0.1) is 0 Å². The maximum absolute atomic E-state index is 14.1. The first-order chi connectivity index (χ1) is 17.5. The number of hydrogen-bond donors (Lipinski definition) is 1. The number of allylic oxidation sites excluding steroid dienone is 1. The van der Waals surface area contributed by atoms with Gasteiger partial charge < -0.3 is 9.84 Å². The lowest BCUT2D eigenvalue weighted by molar-refractivity contribution is -0.147. The van der Waals surface area contributed by atoms with Crippen LogP contribution in [0, 0.1) is 45.3 Å². The van der Waals surface area contributed by atoms with Crippen molar-refractivity contribution in [2.45, 2.75) is 99.5 Å². The van der Waals surface area contributed by atoms with Gasteiger partial charge in [-0.3, -0.25) is 24.0 Å². The summed E-state index contributed by atoms with van der Waals surface area (Å²) in [6, 6.07) is 0. The van der Waals surface area contributed by atoms with Crippen molar-refractivity contribution in [2.75, 3.05) is 7.11 Å². The predicted molar refractivity (Wildman–Crippen MR) is 141 cm³/mol. The van der Waals surface area contributed by atoms with E-state index in [4.69, 9.17) is 4.74 Å². The van der Waals surface area contributed by atoms with E-state index in [2.05, 4.69) is 0 Å². The van der Waals surface area contributed by atoms with Gasteiger partial charge in [-0.25, -0.2) is 0 Å². The Morgan fingerprint density at radius 3 is 2.24 bits per heavy atom. The number of aliphatic hydroxyl groups is 1. The van der Waals surface area contributed by atoms with E-state index >= 15 is 0 Å². The highest BCUT2D eigenvalue weighted by molar-refractivity contribution is 6.12. The summed E-state index contributed by atoms with van der Waals surface area (Å²) in [5, 5.41) is 11.6. The topological polar surface area (TPSA) is 115 Å². The monoisotopic (exact) mass is 528 g/mol. The molecule has 0 aromatic carbocycles. The molecule has 2 fully saturated rings. The van der Waals surface area contributed by atoms with Crippen LogP contribution in [-0.4, -0.2) is 47.4 Å². The number of carbonyl (C=O) groups excluding carboxylic acids is 5. The summed E-state index contributed by atoms with van der Waals surface area (Å²) >= 11 is 0. The summed E-state index contributed by atoms with van der Waals surface area (Å²) in [6.45, 7) is 13.4. The second-order valence-electron chi connectivity index (χ2n) is 13.9. The fourth-order valence-corrected chi connectivity index (χ4v) is 9.12. The normalized spacial score (nSPS) is 39.7. The van der Waals surface area contributed by atoms with Crippen LogP contribution in [0.25, 0.3) is 0 Å². The van der Waals surface area contributed by atoms with Crippen LogP contribution in [0.15, 0.2) is 11.1 Å². The number of fused-ring (bicyclic) bond motifs is 4. The van der Waals surface area contributed by atoms with E-state index in [1.54, 1.807) is 6.92 Å². The minimum Gasteiger partial charge on any atom is -0.469 e. The zero-order valence-electron chi connectivity index (χ0n) is 24.2. The van der Waals surface area contributed by atoms with Crippen LogP contribution < -0.4 is 0 Å². The van der Waals surface area contributed by atoms with Gasteiger partial charge in [0, 0.05) is 59.5 Å². The van der Waals surface area contributed by atoms with Crippen molar-refractivity contribution >= 4 is 29.1 Å². The van der Waals surface area contributed by atoms with E-state index in [9.17, 15) is 29.1 Å². The third-order valence-corrected chi connectivity index (χ3v) is 11.6. The Bertz CT molecular complexity index is 1130. The van der Waals surface area contributed by atoms with E-state index < -0.39 is 39.7 Å².